The second-order valence-electron chi connectivity index (χ2n) is 6.94. The number of nitrogens with one attached hydrogen (secondary N) is 1. The smallest absolute Gasteiger partial charge is 0.280 e. The zero-order valence-corrected chi connectivity index (χ0v) is 17.3. The van der Waals surface area contributed by atoms with E-state index >= 15 is 0 Å². The Labute approximate surface area is 168 Å². The van der Waals surface area contributed by atoms with Gasteiger partial charge in [-0.3, -0.25) is 4.72 Å². The topological polar surface area (TPSA) is 94.7 Å². The highest BCUT2D eigenvalue weighted by Gasteiger charge is 2.21. The molecular formula is C18H21ClN6O2S. The fourth-order valence-corrected chi connectivity index (χ4v) is 4.60. The Morgan fingerprint density at radius 3 is 2.75 bits per heavy atom. The minimum Gasteiger partial charge on any atom is -0.337 e. The summed E-state index contributed by atoms with van der Waals surface area (Å²) in [6, 6.07) is 4.98. The van der Waals surface area contributed by atoms with Crippen LogP contribution in [0.15, 0.2) is 29.4 Å². The van der Waals surface area contributed by atoms with Crippen molar-refractivity contribution >= 4 is 27.3 Å². The first-order chi connectivity index (χ1) is 13.3. The van der Waals surface area contributed by atoms with E-state index in [0.717, 1.165) is 38.1 Å². The predicted molar refractivity (Wildman–Crippen MR) is 107 cm³/mol. The Kier molecular flexibility index (Phi) is 4.88. The van der Waals surface area contributed by atoms with Crippen LogP contribution in [0.4, 0.5) is 5.69 Å². The van der Waals surface area contributed by atoms with Gasteiger partial charge >= 0.3 is 0 Å². The third-order valence-corrected chi connectivity index (χ3v) is 6.51. The van der Waals surface area contributed by atoms with Crippen molar-refractivity contribution < 1.29 is 8.42 Å². The summed E-state index contributed by atoms with van der Waals surface area (Å²) in [5.74, 6) is 2.22. The lowest BCUT2D eigenvalue weighted by Crippen LogP contribution is -2.13. The average Bonchev–Trinajstić information content (AvgIpc) is 3.11. The zero-order chi connectivity index (χ0) is 19.9. The van der Waals surface area contributed by atoms with Gasteiger partial charge in [-0.15, -0.1) is 10.2 Å². The molecule has 148 valence electrons. The van der Waals surface area contributed by atoms with Gasteiger partial charge in [0, 0.05) is 37.5 Å². The van der Waals surface area contributed by atoms with Crippen LogP contribution in [-0.2, 0) is 30.0 Å². The molecule has 0 aliphatic carbocycles. The monoisotopic (exact) mass is 420 g/mol. The van der Waals surface area contributed by atoms with Crippen LogP contribution >= 0.6 is 11.6 Å². The molecule has 0 saturated heterocycles. The lowest BCUT2D eigenvalue weighted by Gasteiger charge is -2.11. The van der Waals surface area contributed by atoms with Gasteiger partial charge < -0.3 is 9.13 Å². The lowest BCUT2D eigenvalue weighted by molar-refractivity contribution is 0.598. The molecule has 0 radical (unpaired) electrons. The molecule has 2 aromatic heterocycles. The van der Waals surface area contributed by atoms with E-state index in [4.69, 9.17) is 11.6 Å². The summed E-state index contributed by atoms with van der Waals surface area (Å²) in [5.41, 5.74) is 1.05. The van der Waals surface area contributed by atoms with Crippen LogP contribution in [0.25, 0.3) is 11.4 Å². The Balaban J connectivity index is 1.69. The molecule has 1 aliphatic heterocycles. The molecule has 0 fully saturated rings. The summed E-state index contributed by atoms with van der Waals surface area (Å²) in [6.45, 7) is 2.58. The van der Waals surface area contributed by atoms with Crippen molar-refractivity contribution in [3.05, 3.63) is 41.1 Å². The number of halogens is 1. The summed E-state index contributed by atoms with van der Waals surface area (Å²) < 4.78 is 31.7. The highest BCUT2D eigenvalue weighted by molar-refractivity contribution is 7.92. The Morgan fingerprint density at radius 2 is 2.00 bits per heavy atom. The maximum atomic E-state index is 12.7. The molecule has 0 unspecified atom stereocenters. The standard InChI is InChI=1S/C18H21ClN6O2S/c1-12-20-17(11-24(12)2)28(26,27)23-13-7-8-15(19)14(10-13)18-22-21-16-6-4-3-5-9-25(16)18/h7-8,10-11,23H,3-6,9H2,1-2H3. The van der Waals surface area contributed by atoms with Crippen molar-refractivity contribution in [3.63, 3.8) is 0 Å². The van der Waals surface area contributed by atoms with E-state index in [-0.39, 0.29) is 5.03 Å². The number of fused-ring (bicyclic) bond motifs is 1. The van der Waals surface area contributed by atoms with Crippen LogP contribution in [0.2, 0.25) is 5.02 Å². The third-order valence-electron chi connectivity index (χ3n) is 4.93. The van der Waals surface area contributed by atoms with Crippen molar-refractivity contribution in [3.8, 4) is 11.4 Å². The van der Waals surface area contributed by atoms with Crippen LogP contribution in [0.1, 0.15) is 30.9 Å². The number of imidazole rings is 1. The van der Waals surface area contributed by atoms with E-state index in [2.05, 4.69) is 24.5 Å². The number of hydrogen-bond acceptors (Lipinski definition) is 5. The van der Waals surface area contributed by atoms with Crippen LogP contribution < -0.4 is 4.72 Å². The van der Waals surface area contributed by atoms with E-state index in [1.54, 1.807) is 36.7 Å². The van der Waals surface area contributed by atoms with Gasteiger partial charge in [-0.05, 0) is 38.0 Å². The predicted octanol–water partition coefficient (Wildman–Crippen LogP) is 3.17. The van der Waals surface area contributed by atoms with Crippen molar-refractivity contribution in [2.24, 2.45) is 7.05 Å². The van der Waals surface area contributed by atoms with Gasteiger partial charge in [-0.1, -0.05) is 18.0 Å². The number of rotatable bonds is 4. The average molecular weight is 421 g/mol. The fourth-order valence-electron chi connectivity index (χ4n) is 3.31. The zero-order valence-electron chi connectivity index (χ0n) is 15.7. The molecule has 3 aromatic rings. The summed E-state index contributed by atoms with van der Waals surface area (Å²) in [5, 5.41) is 9.09. The second kappa shape index (κ2) is 7.21. The van der Waals surface area contributed by atoms with Gasteiger partial charge in [0.15, 0.2) is 10.9 Å². The van der Waals surface area contributed by atoms with Gasteiger partial charge in [0.05, 0.1) is 5.02 Å². The number of anilines is 1. The van der Waals surface area contributed by atoms with Crippen molar-refractivity contribution in [1.29, 1.82) is 0 Å². The molecule has 8 nitrogen and oxygen atoms in total. The molecule has 3 heterocycles. The number of benzene rings is 1. The molecular weight excluding hydrogens is 400 g/mol. The molecule has 0 bridgehead atoms. The number of aryl methyl sites for hydroxylation is 3. The Hall–Kier alpha value is -2.39. The summed E-state index contributed by atoms with van der Waals surface area (Å²) in [6.07, 6.45) is 5.67. The lowest BCUT2D eigenvalue weighted by atomic mass is 10.2. The third kappa shape index (κ3) is 3.51. The fraction of sp³-hybridized carbons (Fsp3) is 0.389. The first-order valence-corrected chi connectivity index (χ1v) is 11.0. The molecule has 0 atom stereocenters. The molecule has 4 rings (SSSR count). The van der Waals surface area contributed by atoms with Gasteiger partial charge in [0.1, 0.15) is 11.6 Å². The van der Waals surface area contributed by atoms with Crippen molar-refractivity contribution in [2.75, 3.05) is 4.72 Å². The number of sulfonamides is 1. The largest absolute Gasteiger partial charge is 0.337 e. The molecule has 0 amide bonds. The minimum absolute atomic E-state index is 0.0275. The summed E-state index contributed by atoms with van der Waals surface area (Å²) in [7, 11) is -2.06. The Morgan fingerprint density at radius 1 is 1.18 bits per heavy atom. The summed E-state index contributed by atoms with van der Waals surface area (Å²) in [4.78, 5) is 4.10. The van der Waals surface area contributed by atoms with Crippen LogP contribution in [-0.4, -0.2) is 32.7 Å². The molecule has 0 saturated carbocycles. The van der Waals surface area contributed by atoms with Crippen molar-refractivity contribution in [1.82, 2.24) is 24.3 Å². The molecule has 1 aromatic carbocycles. The highest BCUT2D eigenvalue weighted by Crippen LogP contribution is 2.32. The van der Waals surface area contributed by atoms with Gasteiger partial charge in [0.25, 0.3) is 10.0 Å². The molecule has 28 heavy (non-hydrogen) atoms. The second-order valence-corrected chi connectivity index (χ2v) is 8.98. The molecule has 1 aliphatic rings. The number of hydrogen-bond donors (Lipinski definition) is 1. The van der Waals surface area contributed by atoms with E-state index < -0.39 is 10.0 Å². The molecule has 0 spiro atoms. The van der Waals surface area contributed by atoms with E-state index in [0.29, 0.717) is 27.9 Å². The van der Waals surface area contributed by atoms with Gasteiger partial charge in [-0.25, -0.2) is 4.98 Å². The number of aromatic nitrogens is 5. The molecule has 1 N–H and O–H groups in total. The quantitative estimate of drug-likeness (QED) is 0.699. The maximum Gasteiger partial charge on any atom is 0.280 e. The van der Waals surface area contributed by atoms with Gasteiger partial charge in [-0.2, -0.15) is 8.42 Å². The van der Waals surface area contributed by atoms with Crippen LogP contribution in [0, 0.1) is 6.92 Å². The van der Waals surface area contributed by atoms with Crippen LogP contribution in [0.5, 0.6) is 0 Å². The normalized spacial score (nSPS) is 14.5. The maximum absolute atomic E-state index is 12.7. The van der Waals surface area contributed by atoms with E-state index in [1.807, 2.05) is 0 Å². The van der Waals surface area contributed by atoms with E-state index in [1.165, 1.54) is 6.20 Å². The van der Waals surface area contributed by atoms with Gasteiger partial charge in [0.2, 0.25) is 0 Å². The SMILES string of the molecule is Cc1nc(S(=O)(=O)Nc2ccc(Cl)c(-c3nnc4n3CCCCC4)c2)cn1C. The number of nitrogens with zero attached hydrogens (tertiary/aromatic N) is 5. The highest BCUT2D eigenvalue weighted by atomic mass is 35.5. The summed E-state index contributed by atoms with van der Waals surface area (Å²) >= 11 is 6.41. The Bertz CT molecular complexity index is 1120. The first kappa shape index (κ1) is 18.9. The van der Waals surface area contributed by atoms with Crippen molar-refractivity contribution in [2.45, 2.75) is 44.2 Å². The first-order valence-electron chi connectivity index (χ1n) is 9.10. The molecule has 10 heteroatoms. The minimum atomic E-state index is -3.80. The van der Waals surface area contributed by atoms with E-state index in [9.17, 15) is 8.42 Å². The van der Waals surface area contributed by atoms with Crippen LogP contribution in [0.3, 0.4) is 0 Å².